The topological polar surface area (TPSA) is 85.6 Å². The van der Waals surface area contributed by atoms with Crippen LogP contribution in [0.3, 0.4) is 0 Å². The maximum absolute atomic E-state index is 12.6. The van der Waals surface area contributed by atoms with Gasteiger partial charge in [-0.3, -0.25) is 9.69 Å². The summed E-state index contributed by atoms with van der Waals surface area (Å²) in [6, 6.07) is 0. The number of morpholine rings is 1. The lowest BCUT2D eigenvalue weighted by Gasteiger charge is -2.33. The summed E-state index contributed by atoms with van der Waals surface area (Å²) in [6.45, 7) is 5.33. The van der Waals surface area contributed by atoms with Crippen LogP contribution in [-0.2, 0) is 20.8 Å². The van der Waals surface area contributed by atoms with Gasteiger partial charge in [0.2, 0.25) is 5.91 Å². The molecule has 3 rings (SSSR count). The second-order valence-electron chi connectivity index (χ2n) is 6.64. The maximum Gasteiger partial charge on any atom is 0.236 e. The molecule has 2 aliphatic heterocycles. The molecule has 2 fully saturated rings. The number of methoxy groups -OCH3 is 1. The van der Waals surface area contributed by atoms with Gasteiger partial charge in [-0.1, -0.05) is 12.8 Å². The third-order valence-electron chi connectivity index (χ3n) is 4.82. The third kappa shape index (κ3) is 4.96. The van der Waals surface area contributed by atoms with Crippen LogP contribution in [0.1, 0.15) is 37.6 Å². The monoisotopic (exact) mass is 352 g/mol. The van der Waals surface area contributed by atoms with Crippen LogP contribution >= 0.6 is 0 Å². The van der Waals surface area contributed by atoms with E-state index in [2.05, 4.69) is 20.4 Å². The van der Waals surface area contributed by atoms with Crippen LogP contribution in [0.15, 0.2) is 0 Å². The number of rotatable bonds is 6. The van der Waals surface area contributed by atoms with Crippen LogP contribution in [0.5, 0.6) is 0 Å². The standard InChI is InChI=1S/C16H28N6O3/c1-24-10-9-22-16(17-18-19-22)14-12-20(8-11-25-14)13-15(23)21-6-4-2-3-5-7-21/h14H,2-13H2,1H3. The van der Waals surface area contributed by atoms with Gasteiger partial charge >= 0.3 is 0 Å². The summed E-state index contributed by atoms with van der Waals surface area (Å²) in [6.07, 6.45) is 4.48. The highest BCUT2D eigenvalue weighted by Gasteiger charge is 2.28. The smallest absolute Gasteiger partial charge is 0.236 e. The Balaban J connectivity index is 1.56. The number of hydrogen-bond donors (Lipinski definition) is 0. The van der Waals surface area contributed by atoms with Crippen molar-refractivity contribution in [2.24, 2.45) is 0 Å². The zero-order valence-electron chi connectivity index (χ0n) is 15.0. The van der Waals surface area contributed by atoms with Crippen molar-refractivity contribution < 1.29 is 14.3 Å². The zero-order valence-corrected chi connectivity index (χ0v) is 15.0. The minimum Gasteiger partial charge on any atom is -0.383 e. The number of aromatic nitrogens is 4. The van der Waals surface area contributed by atoms with Crippen molar-refractivity contribution in [2.45, 2.75) is 38.3 Å². The molecule has 0 spiro atoms. The first-order valence-corrected chi connectivity index (χ1v) is 9.14. The summed E-state index contributed by atoms with van der Waals surface area (Å²) in [4.78, 5) is 16.8. The number of hydrogen-bond acceptors (Lipinski definition) is 7. The summed E-state index contributed by atoms with van der Waals surface area (Å²) in [5, 5.41) is 11.9. The highest BCUT2D eigenvalue weighted by atomic mass is 16.5. The zero-order chi connectivity index (χ0) is 17.5. The van der Waals surface area contributed by atoms with Gasteiger partial charge in [0.1, 0.15) is 6.10 Å². The van der Waals surface area contributed by atoms with E-state index >= 15 is 0 Å². The Morgan fingerprint density at radius 3 is 2.80 bits per heavy atom. The lowest BCUT2D eigenvalue weighted by atomic mass is 10.2. The van der Waals surface area contributed by atoms with Crippen molar-refractivity contribution in [1.29, 1.82) is 0 Å². The van der Waals surface area contributed by atoms with E-state index in [4.69, 9.17) is 9.47 Å². The van der Waals surface area contributed by atoms with Gasteiger partial charge in [-0.2, -0.15) is 0 Å². The fraction of sp³-hybridized carbons (Fsp3) is 0.875. The van der Waals surface area contributed by atoms with Crippen molar-refractivity contribution in [1.82, 2.24) is 30.0 Å². The van der Waals surface area contributed by atoms with Crippen LogP contribution in [-0.4, -0.2) is 89.0 Å². The quantitative estimate of drug-likeness (QED) is 0.717. The molecule has 9 nitrogen and oxygen atoms in total. The van der Waals surface area contributed by atoms with Crippen LogP contribution in [0.4, 0.5) is 0 Å². The Morgan fingerprint density at radius 2 is 2.04 bits per heavy atom. The van der Waals surface area contributed by atoms with Gasteiger partial charge in [-0.15, -0.1) is 5.10 Å². The molecule has 2 saturated heterocycles. The Bertz CT molecular complexity index is 544. The van der Waals surface area contributed by atoms with E-state index in [9.17, 15) is 4.79 Å². The molecule has 1 atom stereocenters. The van der Waals surface area contributed by atoms with Crippen molar-refractivity contribution >= 4 is 5.91 Å². The summed E-state index contributed by atoms with van der Waals surface area (Å²) in [5.41, 5.74) is 0. The molecule has 1 aromatic heterocycles. The lowest BCUT2D eigenvalue weighted by Crippen LogP contribution is -2.46. The maximum atomic E-state index is 12.6. The van der Waals surface area contributed by atoms with Gasteiger partial charge in [0, 0.05) is 33.3 Å². The Labute approximate surface area is 148 Å². The predicted octanol–water partition coefficient (Wildman–Crippen LogP) is 0.0954. The van der Waals surface area contributed by atoms with E-state index < -0.39 is 0 Å². The Kier molecular flexibility index (Phi) is 6.71. The van der Waals surface area contributed by atoms with E-state index in [0.717, 1.165) is 32.5 Å². The van der Waals surface area contributed by atoms with E-state index in [1.807, 2.05) is 4.90 Å². The van der Waals surface area contributed by atoms with Crippen LogP contribution in [0.2, 0.25) is 0 Å². The molecule has 0 N–H and O–H groups in total. The van der Waals surface area contributed by atoms with E-state index in [-0.39, 0.29) is 12.0 Å². The molecule has 25 heavy (non-hydrogen) atoms. The second kappa shape index (κ2) is 9.21. The molecule has 9 heteroatoms. The van der Waals surface area contributed by atoms with Gasteiger partial charge in [-0.25, -0.2) is 4.68 Å². The van der Waals surface area contributed by atoms with Crippen molar-refractivity contribution in [3.63, 3.8) is 0 Å². The van der Waals surface area contributed by atoms with Gasteiger partial charge < -0.3 is 14.4 Å². The number of nitrogens with zero attached hydrogens (tertiary/aromatic N) is 6. The van der Waals surface area contributed by atoms with Crippen LogP contribution in [0.25, 0.3) is 0 Å². The first kappa shape index (κ1) is 18.2. The molecule has 2 aliphatic rings. The van der Waals surface area contributed by atoms with Crippen LogP contribution in [0, 0.1) is 0 Å². The summed E-state index contributed by atoms with van der Waals surface area (Å²) in [7, 11) is 1.65. The molecular formula is C16H28N6O3. The van der Waals surface area contributed by atoms with Crippen molar-refractivity contribution in [2.75, 3.05) is 53.0 Å². The van der Waals surface area contributed by atoms with Crippen molar-refractivity contribution in [3.05, 3.63) is 5.82 Å². The van der Waals surface area contributed by atoms with Gasteiger partial charge in [0.25, 0.3) is 0 Å². The van der Waals surface area contributed by atoms with Gasteiger partial charge in [0.05, 0.1) is 26.3 Å². The average molecular weight is 352 g/mol. The van der Waals surface area contributed by atoms with E-state index in [1.54, 1.807) is 11.8 Å². The van der Waals surface area contributed by atoms with Crippen molar-refractivity contribution in [3.8, 4) is 0 Å². The molecule has 140 valence electrons. The fourth-order valence-corrected chi connectivity index (χ4v) is 3.39. The normalized spacial score (nSPS) is 22.8. The highest BCUT2D eigenvalue weighted by molar-refractivity contribution is 5.78. The minimum absolute atomic E-state index is 0.211. The molecule has 1 aromatic rings. The SMILES string of the molecule is COCCn1nnnc1C1CN(CC(=O)N2CCCCCC2)CCO1. The second-order valence-corrected chi connectivity index (χ2v) is 6.64. The molecular weight excluding hydrogens is 324 g/mol. The number of amides is 1. The first-order valence-electron chi connectivity index (χ1n) is 9.14. The Hall–Kier alpha value is -1.58. The van der Waals surface area contributed by atoms with Gasteiger partial charge in [-0.05, 0) is 23.3 Å². The number of carbonyl (C=O) groups excluding carboxylic acids is 1. The molecule has 0 radical (unpaired) electrons. The molecule has 0 bridgehead atoms. The summed E-state index contributed by atoms with van der Waals surface area (Å²) < 4.78 is 12.7. The first-order chi connectivity index (χ1) is 12.3. The lowest BCUT2D eigenvalue weighted by molar-refractivity contribution is -0.134. The molecule has 0 saturated carbocycles. The number of tetrazole rings is 1. The van der Waals surface area contributed by atoms with Gasteiger partial charge in [0.15, 0.2) is 5.82 Å². The van der Waals surface area contributed by atoms with Crippen LogP contribution < -0.4 is 0 Å². The third-order valence-corrected chi connectivity index (χ3v) is 4.82. The summed E-state index contributed by atoms with van der Waals surface area (Å²) >= 11 is 0. The molecule has 3 heterocycles. The predicted molar refractivity (Wildman–Crippen MR) is 89.9 cm³/mol. The van der Waals surface area contributed by atoms with E-state index in [1.165, 1.54) is 12.8 Å². The summed E-state index contributed by atoms with van der Waals surface area (Å²) in [5.74, 6) is 0.922. The van der Waals surface area contributed by atoms with E-state index in [0.29, 0.717) is 38.7 Å². The minimum atomic E-state index is -0.211. The fourth-order valence-electron chi connectivity index (χ4n) is 3.39. The number of ether oxygens (including phenoxy) is 2. The molecule has 0 aromatic carbocycles. The highest BCUT2D eigenvalue weighted by Crippen LogP contribution is 2.20. The average Bonchev–Trinajstić information content (AvgIpc) is 2.92. The molecule has 0 aliphatic carbocycles. The molecule has 1 amide bonds. The number of carbonyl (C=O) groups is 1. The molecule has 1 unspecified atom stereocenters. The Morgan fingerprint density at radius 1 is 1.24 bits per heavy atom. The number of likely N-dealkylation sites (tertiary alicyclic amines) is 1. The largest absolute Gasteiger partial charge is 0.383 e.